The van der Waals surface area contributed by atoms with Crippen molar-refractivity contribution in [1.82, 2.24) is 10.3 Å². The van der Waals surface area contributed by atoms with Crippen molar-refractivity contribution in [2.75, 3.05) is 31.7 Å². The van der Waals surface area contributed by atoms with Crippen LogP contribution in [0.15, 0.2) is 18.2 Å². The number of amides is 1. The molecule has 1 atom stereocenters. The zero-order valence-electron chi connectivity index (χ0n) is 13.8. The lowest BCUT2D eigenvalue weighted by atomic mass is 10.00. The summed E-state index contributed by atoms with van der Waals surface area (Å²) >= 11 is 1.21. The molecule has 0 radical (unpaired) electrons. The van der Waals surface area contributed by atoms with Gasteiger partial charge in [0.1, 0.15) is 0 Å². The molecule has 2 heterocycles. The summed E-state index contributed by atoms with van der Waals surface area (Å²) in [5, 5.41) is 3.37. The van der Waals surface area contributed by atoms with Crippen LogP contribution in [0, 0.1) is 5.92 Å². The van der Waals surface area contributed by atoms with E-state index in [0.29, 0.717) is 29.5 Å². The maximum Gasteiger partial charge on any atom is 0.418 e. The predicted molar refractivity (Wildman–Crippen MR) is 89.8 cm³/mol. The third-order valence-electron chi connectivity index (χ3n) is 4.04. The predicted octanol–water partition coefficient (Wildman–Crippen LogP) is 2.90. The number of alkyl halides is 3. The van der Waals surface area contributed by atoms with Gasteiger partial charge in [-0.25, -0.2) is 4.98 Å². The van der Waals surface area contributed by atoms with Gasteiger partial charge >= 0.3 is 6.18 Å². The highest BCUT2D eigenvalue weighted by atomic mass is 32.1. The van der Waals surface area contributed by atoms with Crippen LogP contribution in [0.2, 0.25) is 0 Å². The number of halogens is 3. The van der Waals surface area contributed by atoms with Gasteiger partial charge in [-0.05, 0) is 19.1 Å². The Morgan fingerprint density at radius 3 is 2.84 bits per heavy atom. The van der Waals surface area contributed by atoms with Crippen LogP contribution in [0.1, 0.15) is 12.5 Å². The molecule has 1 amide bonds. The summed E-state index contributed by atoms with van der Waals surface area (Å²) < 4.78 is 44.7. The van der Waals surface area contributed by atoms with Crippen LogP contribution in [0.4, 0.5) is 18.3 Å². The fraction of sp³-hybridized carbons (Fsp3) is 0.500. The van der Waals surface area contributed by atoms with E-state index in [2.05, 4.69) is 10.3 Å². The Morgan fingerprint density at radius 1 is 1.48 bits per heavy atom. The average molecular weight is 373 g/mol. The molecule has 1 fully saturated rings. The van der Waals surface area contributed by atoms with Crippen molar-refractivity contribution in [1.29, 1.82) is 0 Å². The van der Waals surface area contributed by atoms with Gasteiger partial charge in [-0.15, -0.1) is 0 Å². The molecule has 0 saturated carbocycles. The molecule has 0 bridgehead atoms. The minimum Gasteiger partial charge on any atom is -0.383 e. The number of anilines is 1. The number of hydrogen-bond acceptors (Lipinski definition) is 5. The van der Waals surface area contributed by atoms with Gasteiger partial charge in [0.15, 0.2) is 5.13 Å². The lowest BCUT2D eigenvalue weighted by Gasteiger charge is -2.38. The zero-order chi connectivity index (χ0) is 18.2. The number of para-hydroxylation sites is 1. The highest BCUT2D eigenvalue weighted by Crippen LogP contribution is 2.39. The molecule has 1 N–H and O–H groups in total. The Labute approximate surface area is 146 Å². The minimum absolute atomic E-state index is 0.0309. The summed E-state index contributed by atoms with van der Waals surface area (Å²) in [6, 6.07) is 3.97. The number of rotatable bonds is 5. The van der Waals surface area contributed by atoms with Crippen LogP contribution in [0.3, 0.4) is 0 Å². The molecule has 0 spiro atoms. The molecule has 1 aromatic heterocycles. The van der Waals surface area contributed by atoms with Crippen molar-refractivity contribution in [3.63, 3.8) is 0 Å². The minimum atomic E-state index is -4.43. The van der Waals surface area contributed by atoms with E-state index >= 15 is 0 Å². The number of fused-ring (bicyclic) bond motifs is 1. The SMILES string of the molecule is COC[C@H](C)NC(=O)C1CN(c2nc3c(C(F)(F)F)cccc3s2)C1. The van der Waals surface area contributed by atoms with E-state index < -0.39 is 11.7 Å². The molecule has 3 rings (SSSR count). The first-order chi connectivity index (χ1) is 11.8. The molecular formula is C16H18F3N3O2S. The Balaban J connectivity index is 1.68. The van der Waals surface area contributed by atoms with Crippen molar-refractivity contribution < 1.29 is 22.7 Å². The Hall–Kier alpha value is -1.87. The molecule has 0 aliphatic carbocycles. The van der Waals surface area contributed by atoms with Crippen LogP contribution in [-0.2, 0) is 15.7 Å². The van der Waals surface area contributed by atoms with Crippen molar-refractivity contribution in [3.8, 4) is 0 Å². The second-order valence-electron chi connectivity index (χ2n) is 6.11. The van der Waals surface area contributed by atoms with Crippen LogP contribution >= 0.6 is 11.3 Å². The van der Waals surface area contributed by atoms with Gasteiger partial charge in [-0.3, -0.25) is 4.79 Å². The number of hydrogen-bond donors (Lipinski definition) is 1. The quantitative estimate of drug-likeness (QED) is 0.876. The van der Waals surface area contributed by atoms with E-state index in [0.717, 1.165) is 6.07 Å². The summed E-state index contributed by atoms with van der Waals surface area (Å²) in [6.45, 7) is 3.18. The number of ether oxygens (including phenoxy) is 1. The molecular weight excluding hydrogens is 355 g/mol. The molecule has 25 heavy (non-hydrogen) atoms. The van der Waals surface area contributed by atoms with E-state index in [9.17, 15) is 18.0 Å². The maximum atomic E-state index is 13.1. The maximum absolute atomic E-state index is 13.1. The molecule has 9 heteroatoms. The Morgan fingerprint density at radius 2 is 2.20 bits per heavy atom. The van der Waals surface area contributed by atoms with Crippen molar-refractivity contribution >= 4 is 32.6 Å². The van der Waals surface area contributed by atoms with Crippen molar-refractivity contribution in [2.24, 2.45) is 5.92 Å². The van der Waals surface area contributed by atoms with E-state index in [1.807, 2.05) is 11.8 Å². The molecule has 1 aromatic carbocycles. The number of thiazole rings is 1. The van der Waals surface area contributed by atoms with Crippen LogP contribution < -0.4 is 10.2 Å². The van der Waals surface area contributed by atoms with Crippen LogP contribution in [0.5, 0.6) is 0 Å². The molecule has 1 aliphatic heterocycles. The number of carbonyl (C=O) groups excluding carboxylic acids is 1. The van der Waals surface area contributed by atoms with Gasteiger partial charge in [-0.2, -0.15) is 13.2 Å². The molecule has 1 aliphatic rings. The molecule has 5 nitrogen and oxygen atoms in total. The van der Waals surface area contributed by atoms with Gasteiger partial charge in [-0.1, -0.05) is 17.4 Å². The topological polar surface area (TPSA) is 54.5 Å². The molecule has 0 unspecified atom stereocenters. The third kappa shape index (κ3) is 3.72. The average Bonchev–Trinajstić information content (AvgIpc) is 2.87. The third-order valence-corrected chi connectivity index (χ3v) is 5.12. The lowest BCUT2D eigenvalue weighted by Crippen LogP contribution is -2.55. The van der Waals surface area contributed by atoms with E-state index in [1.165, 1.54) is 17.4 Å². The largest absolute Gasteiger partial charge is 0.418 e. The van der Waals surface area contributed by atoms with E-state index in [-0.39, 0.29) is 23.4 Å². The first-order valence-corrected chi connectivity index (χ1v) is 8.62. The Kier molecular flexibility index (Phi) is 4.88. The van der Waals surface area contributed by atoms with Crippen LogP contribution in [0.25, 0.3) is 10.2 Å². The molecule has 2 aromatic rings. The highest BCUT2D eigenvalue weighted by Gasteiger charge is 2.37. The zero-order valence-corrected chi connectivity index (χ0v) is 14.6. The van der Waals surface area contributed by atoms with Crippen LogP contribution in [-0.4, -0.2) is 43.7 Å². The summed E-state index contributed by atoms with van der Waals surface area (Å²) in [6.07, 6.45) is -4.43. The highest BCUT2D eigenvalue weighted by molar-refractivity contribution is 7.22. The number of carbonyl (C=O) groups is 1. The first kappa shape index (κ1) is 17.9. The van der Waals surface area contributed by atoms with Crippen molar-refractivity contribution in [2.45, 2.75) is 19.1 Å². The number of aromatic nitrogens is 1. The number of nitrogens with one attached hydrogen (secondary N) is 1. The normalized spacial score (nSPS) is 16.8. The second kappa shape index (κ2) is 6.80. The van der Waals surface area contributed by atoms with Gasteiger partial charge in [0, 0.05) is 26.2 Å². The van der Waals surface area contributed by atoms with Gasteiger partial charge in [0.25, 0.3) is 0 Å². The number of nitrogens with zero attached hydrogens (tertiary/aromatic N) is 2. The summed E-state index contributed by atoms with van der Waals surface area (Å²) in [4.78, 5) is 18.1. The summed E-state index contributed by atoms with van der Waals surface area (Å²) in [7, 11) is 1.57. The smallest absolute Gasteiger partial charge is 0.383 e. The fourth-order valence-corrected chi connectivity index (χ4v) is 3.76. The fourth-order valence-electron chi connectivity index (χ4n) is 2.75. The monoisotopic (exact) mass is 373 g/mol. The number of benzene rings is 1. The second-order valence-corrected chi connectivity index (χ2v) is 7.12. The van der Waals surface area contributed by atoms with Crippen molar-refractivity contribution in [3.05, 3.63) is 23.8 Å². The molecule has 136 valence electrons. The first-order valence-electron chi connectivity index (χ1n) is 7.80. The Bertz CT molecular complexity index is 772. The molecule has 1 saturated heterocycles. The standard InChI is InChI=1S/C16H18F3N3O2S/c1-9(8-24-2)20-14(23)10-6-22(7-10)15-21-13-11(16(17,18)19)4-3-5-12(13)25-15/h3-5,9-10H,6-8H2,1-2H3,(H,20,23)/t9-/m0/s1. The van der Waals surface area contributed by atoms with E-state index in [4.69, 9.17) is 4.74 Å². The van der Waals surface area contributed by atoms with Gasteiger partial charge in [0.05, 0.1) is 28.3 Å². The lowest BCUT2D eigenvalue weighted by molar-refractivity contribution is -0.136. The summed E-state index contributed by atoms with van der Waals surface area (Å²) in [5.74, 6) is -0.258. The number of methoxy groups -OCH3 is 1. The van der Waals surface area contributed by atoms with Gasteiger partial charge < -0.3 is 15.0 Å². The van der Waals surface area contributed by atoms with E-state index in [1.54, 1.807) is 13.2 Å². The van der Waals surface area contributed by atoms with Gasteiger partial charge in [0.2, 0.25) is 5.91 Å². The summed E-state index contributed by atoms with van der Waals surface area (Å²) in [5.41, 5.74) is -0.757.